The van der Waals surface area contributed by atoms with Gasteiger partial charge >= 0.3 is 38.8 Å². The Kier molecular flexibility index (Phi) is 24.4. The topological polar surface area (TPSA) is 0 Å². The summed E-state index contributed by atoms with van der Waals surface area (Å²) in [5.74, 6) is 4.71. The van der Waals surface area contributed by atoms with E-state index >= 15 is 0 Å². The second-order valence-electron chi connectivity index (χ2n) is 4.75. The molecule has 0 bridgehead atoms. The summed E-state index contributed by atoms with van der Waals surface area (Å²) in [5.41, 5.74) is -0.0833. The van der Waals surface area contributed by atoms with Gasteiger partial charge in [0.1, 0.15) is 0 Å². The molecule has 0 aromatic rings. The van der Waals surface area contributed by atoms with Gasteiger partial charge in [0.05, 0.1) is 0 Å². The van der Waals surface area contributed by atoms with Gasteiger partial charge in [-0.3, -0.25) is 0 Å². The van der Waals surface area contributed by atoms with Crippen molar-refractivity contribution in [2.75, 3.05) is 0 Å². The van der Waals surface area contributed by atoms with Gasteiger partial charge in [-0.15, -0.1) is 0 Å². The molecule has 0 aromatic carbocycles. The van der Waals surface area contributed by atoms with E-state index in [0.717, 1.165) is 0 Å². The normalized spacial score (nSPS) is 8.27. The first-order valence-corrected chi connectivity index (χ1v) is 4.00. The smallest absolute Gasteiger partial charge is 0.693 e. The molecular formula is C13H21CuTi. The van der Waals surface area contributed by atoms with E-state index in [2.05, 4.69) is 11.8 Å². The third-order valence-corrected chi connectivity index (χ3v) is 0.750. The summed E-state index contributed by atoms with van der Waals surface area (Å²) >= 11 is 0. The Morgan fingerprint density at radius 1 is 0.733 bits per heavy atom. The summed E-state index contributed by atoms with van der Waals surface area (Å²) in [6, 6.07) is 0. The maximum atomic E-state index is 6.60. The minimum absolute atomic E-state index is 0. The van der Waals surface area contributed by atoms with Gasteiger partial charge in [0.15, 0.2) is 0 Å². The Bertz CT molecular complexity index is 169. The van der Waals surface area contributed by atoms with Gasteiger partial charge in [-0.1, -0.05) is 41.5 Å². The average molecular weight is 289 g/mol. The first-order valence-electron chi connectivity index (χ1n) is 4.00. The molecule has 2 heteroatoms. The quantitative estimate of drug-likeness (QED) is 0.362. The van der Waals surface area contributed by atoms with E-state index in [1.54, 1.807) is 0 Å². The fourth-order valence-corrected chi connectivity index (χ4v) is 0. The van der Waals surface area contributed by atoms with Crippen LogP contribution in [0.15, 0.2) is 0 Å². The predicted molar refractivity (Wildman–Crippen MR) is 59.6 cm³/mol. The number of hydrogen-bond donors (Lipinski definition) is 0. The third-order valence-electron chi connectivity index (χ3n) is 0.750. The molecule has 0 N–H and O–H groups in total. The molecule has 0 nitrogen and oxygen atoms in total. The van der Waals surface area contributed by atoms with Crippen molar-refractivity contribution < 1.29 is 38.8 Å². The fraction of sp³-hybridized carbons (Fsp3) is 0.615. The van der Waals surface area contributed by atoms with E-state index in [4.69, 9.17) is 12.8 Å². The van der Waals surface area contributed by atoms with Crippen LogP contribution in [0.2, 0.25) is 0 Å². The molecule has 0 atom stereocenters. The first-order chi connectivity index (χ1) is 5.12. The molecule has 0 aromatic heterocycles. The molecule has 88 valence electrons. The number of rotatable bonds is 0. The maximum absolute atomic E-state index is 6.60. The minimum Gasteiger partial charge on any atom is -0.693 e. The molecule has 0 rings (SSSR count). The van der Waals surface area contributed by atoms with Crippen molar-refractivity contribution >= 4 is 0 Å². The van der Waals surface area contributed by atoms with Gasteiger partial charge in [0.2, 0.25) is 0 Å². The molecule has 0 aliphatic heterocycles. The van der Waals surface area contributed by atoms with Crippen LogP contribution in [0.25, 0.3) is 0 Å². The van der Waals surface area contributed by atoms with Crippen molar-refractivity contribution in [2.45, 2.75) is 41.5 Å². The standard InChI is InChI=1S/2C6H9.CH3.Cu.Ti/c2*1-5-6(2,3)4;;;/h2*2-4H3;1H3;;/q3*-1;+1;+2. The van der Waals surface area contributed by atoms with Crippen LogP contribution in [-0.4, -0.2) is 0 Å². The van der Waals surface area contributed by atoms with Crippen molar-refractivity contribution in [3.8, 4) is 11.8 Å². The van der Waals surface area contributed by atoms with Gasteiger partial charge in [0.25, 0.3) is 0 Å². The summed E-state index contributed by atoms with van der Waals surface area (Å²) in [7, 11) is 0. The molecule has 0 amide bonds. The molecule has 0 saturated heterocycles. The van der Waals surface area contributed by atoms with Crippen molar-refractivity contribution in [2.24, 2.45) is 10.8 Å². The molecule has 0 aliphatic carbocycles. The third kappa shape index (κ3) is 54.3. The Hall–Kier alpha value is 0.354. The van der Waals surface area contributed by atoms with E-state index in [1.165, 1.54) is 0 Å². The summed E-state index contributed by atoms with van der Waals surface area (Å²) < 4.78 is 0. The van der Waals surface area contributed by atoms with Crippen molar-refractivity contribution in [1.29, 1.82) is 0 Å². The van der Waals surface area contributed by atoms with Crippen LogP contribution in [0, 0.1) is 42.9 Å². The monoisotopic (exact) mass is 288 g/mol. The molecule has 0 saturated carbocycles. The summed E-state index contributed by atoms with van der Waals surface area (Å²) in [6.07, 6.45) is 13.2. The molecule has 0 unspecified atom stereocenters. The molecule has 0 heterocycles. The zero-order valence-electron chi connectivity index (χ0n) is 10.8. The fourth-order valence-electron chi connectivity index (χ4n) is 0. The van der Waals surface area contributed by atoms with Crippen LogP contribution in [0.1, 0.15) is 41.5 Å². The van der Waals surface area contributed by atoms with Crippen molar-refractivity contribution in [3.05, 3.63) is 20.3 Å². The molecule has 0 aliphatic rings. The van der Waals surface area contributed by atoms with Gasteiger partial charge < -0.3 is 32.1 Å². The number of hydrogen-bond acceptors (Lipinski definition) is 0. The SMILES string of the molecule is [C-]#CC(C)(C)C.[C-]#CC(C)(C)C.[CH3-].[Cu+].[Ti+2]. The molecule has 15 heavy (non-hydrogen) atoms. The van der Waals surface area contributed by atoms with E-state index in [1.807, 2.05) is 41.5 Å². The Labute approximate surface area is 123 Å². The Morgan fingerprint density at radius 3 is 0.800 bits per heavy atom. The second-order valence-corrected chi connectivity index (χ2v) is 4.75. The molecule has 0 radical (unpaired) electrons. The second kappa shape index (κ2) is 12.4. The summed E-state index contributed by atoms with van der Waals surface area (Å²) in [5, 5.41) is 0. The minimum atomic E-state index is -0.0417. The van der Waals surface area contributed by atoms with Crippen LogP contribution < -0.4 is 0 Å². The van der Waals surface area contributed by atoms with Crippen LogP contribution in [0.4, 0.5) is 0 Å². The maximum Gasteiger partial charge on any atom is 2.00 e. The average Bonchev–Trinajstić information content (AvgIpc) is 1.86. The van der Waals surface area contributed by atoms with Gasteiger partial charge in [0, 0.05) is 0 Å². The van der Waals surface area contributed by atoms with Crippen molar-refractivity contribution in [1.82, 2.24) is 0 Å². The van der Waals surface area contributed by atoms with E-state index < -0.39 is 0 Å². The summed E-state index contributed by atoms with van der Waals surface area (Å²) in [4.78, 5) is 0. The van der Waals surface area contributed by atoms with Gasteiger partial charge in [-0.05, 0) is 10.8 Å². The van der Waals surface area contributed by atoms with Crippen molar-refractivity contribution in [3.63, 3.8) is 0 Å². The summed E-state index contributed by atoms with van der Waals surface area (Å²) in [6.45, 7) is 11.7. The van der Waals surface area contributed by atoms with E-state index in [0.29, 0.717) is 0 Å². The van der Waals surface area contributed by atoms with Crippen LogP contribution in [0.3, 0.4) is 0 Å². The predicted octanol–water partition coefficient (Wildman–Crippen LogP) is 3.69. The van der Waals surface area contributed by atoms with E-state index in [-0.39, 0.29) is 57.0 Å². The van der Waals surface area contributed by atoms with Gasteiger partial charge in [-0.25, -0.2) is 0 Å². The molecular weight excluding hydrogens is 268 g/mol. The van der Waals surface area contributed by atoms with Crippen LogP contribution >= 0.6 is 0 Å². The van der Waals surface area contributed by atoms with Crippen LogP contribution in [-0.2, 0) is 38.8 Å². The molecule has 0 spiro atoms. The van der Waals surface area contributed by atoms with Gasteiger partial charge in [-0.2, -0.15) is 0 Å². The Balaban J connectivity index is -0.0000000370. The Morgan fingerprint density at radius 2 is 0.800 bits per heavy atom. The zero-order chi connectivity index (χ0) is 10.4. The largest absolute Gasteiger partial charge is 2.00 e. The first kappa shape index (κ1) is 29.5. The van der Waals surface area contributed by atoms with Crippen LogP contribution in [0.5, 0.6) is 0 Å². The van der Waals surface area contributed by atoms with E-state index in [9.17, 15) is 0 Å². The zero-order valence-corrected chi connectivity index (χ0v) is 13.3. The molecule has 0 fully saturated rings.